The standard InChI is InChI=1S/C20H28F3N3O3S/c1-3-6-30(28,29)11-15-8-19(9-15,7-14-4-5-14)12-25-17(27)16-10-24-18(20(21,22)23)26-13(16)2/h10,14-15H,3-9,11-12H2,1-2H3,(H,25,27). The molecule has 0 atom stereocenters. The van der Waals surface area contributed by atoms with E-state index in [-0.39, 0.29) is 34.1 Å². The van der Waals surface area contributed by atoms with Gasteiger partial charge in [-0.1, -0.05) is 19.8 Å². The Kier molecular flexibility index (Phi) is 6.46. The molecule has 1 amide bonds. The topological polar surface area (TPSA) is 89.0 Å². The van der Waals surface area contributed by atoms with E-state index in [9.17, 15) is 26.4 Å². The Balaban J connectivity index is 1.61. The smallest absolute Gasteiger partial charge is 0.351 e. The number of nitrogens with one attached hydrogen (secondary N) is 1. The Bertz CT molecular complexity index is 892. The first-order valence-corrected chi connectivity index (χ1v) is 12.1. The summed E-state index contributed by atoms with van der Waals surface area (Å²) in [5, 5.41) is 2.83. The molecule has 0 spiro atoms. The molecule has 30 heavy (non-hydrogen) atoms. The van der Waals surface area contributed by atoms with Gasteiger partial charge >= 0.3 is 6.18 Å². The second-order valence-electron chi connectivity index (χ2n) is 8.91. The molecular formula is C20H28F3N3O3S. The molecule has 1 aromatic rings. The van der Waals surface area contributed by atoms with Gasteiger partial charge in [0.1, 0.15) is 0 Å². The van der Waals surface area contributed by atoms with E-state index in [1.165, 1.54) is 6.92 Å². The number of amides is 1. The minimum atomic E-state index is -4.66. The number of rotatable bonds is 9. The molecule has 1 aromatic heterocycles. The highest BCUT2D eigenvalue weighted by Gasteiger charge is 2.48. The van der Waals surface area contributed by atoms with Crippen molar-refractivity contribution in [1.82, 2.24) is 15.3 Å². The zero-order chi connectivity index (χ0) is 22.2. The van der Waals surface area contributed by atoms with Crippen molar-refractivity contribution in [3.05, 3.63) is 23.3 Å². The third-order valence-electron chi connectivity index (χ3n) is 5.97. The van der Waals surface area contributed by atoms with Crippen LogP contribution in [0.5, 0.6) is 0 Å². The summed E-state index contributed by atoms with van der Waals surface area (Å²) in [4.78, 5) is 19.2. The number of carbonyl (C=O) groups excluding carboxylic acids is 1. The molecule has 3 rings (SSSR count). The molecule has 6 nitrogen and oxygen atoms in total. The van der Waals surface area contributed by atoms with Crippen molar-refractivity contribution in [2.24, 2.45) is 17.3 Å². The molecule has 1 heterocycles. The fourth-order valence-electron chi connectivity index (χ4n) is 4.54. The van der Waals surface area contributed by atoms with Crippen molar-refractivity contribution >= 4 is 15.7 Å². The van der Waals surface area contributed by atoms with Crippen LogP contribution in [0, 0.1) is 24.2 Å². The van der Waals surface area contributed by atoms with E-state index < -0.39 is 27.7 Å². The Morgan fingerprint density at radius 3 is 2.47 bits per heavy atom. The average molecular weight is 448 g/mol. The Morgan fingerprint density at radius 1 is 1.27 bits per heavy atom. The van der Waals surface area contributed by atoms with E-state index in [1.54, 1.807) is 0 Å². The summed E-state index contributed by atoms with van der Waals surface area (Å²) in [6, 6.07) is 0. The van der Waals surface area contributed by atoms with E-state index in [0.717, 1.165) is 38.3 Å². The lowest BCUT2D eigenvalue weighted by Crippen LogP contribution is -2.48. The normalized spacial score (nSPS) is 24.4. The van der Waals surface area contributed by atoms with Crippen LogP contribution in [0.25, 0.3) is 0 Å². The summed E-state index contributed by atoms with van der Waals surface area (Å²) in [5.41, 5.74) is -0.140. The van der Waals surface area contributed by atoms with Gasteiger partial charge in [0.2, 0.25) is 5.82 Å². The number of hydrogen-bond acceptors (Lipinski definition) is 5. The van der Waals surface area contributed by atoms with Crippen molar-refractivity contribution in [3.63, 3.8) is 0 Å². The van der Waals surface area contributed by atoms with Gasteiger partial charge in [0.25, 0.3) is 5.91 Å². The van der Waals surface area contributed by atoms with Crippen molar-refractivity contribution in [2.75, 3.05) is 18.1 Å². The maximum atomic E-state index is 12.7. The minimum absolute atomic E-state index is 0.0194. The highest BCUT2D eigenvalue weighted by molar-refractivity contribution is 7.91. The highest BCUT2D eigenvalue weighted by Crippen LogP contribution is 2.53. The van der Waals surface area contributed by atoms with E-state index in [2.05, 4.69) is 15.3 Å². The van der Waals surface area contributed by atoms with Crippen LogP contribution in [0.3, 0.4) is 0 Å². The molecule has 0 bridgehead atoms. The number of nitrogens with zero attached hydrogens (tertiary/aromatic N) is 2. The zero-order valence-corrected chi connectivity index (χ0v) is 18.1. The molecule has 0 unspecified atom stereocenters. The number of sulfone groups is 1. The molecule has 0 radical (unpaired) electrons. The first-order chi connectivity index (χ1) is 13.9. The van der Waals surface area contributed by atoms with Gasteiger partial charge in [-0.2, -0.15) is 13.2 Å². The van der Waals surface area contributed by atoms with Crippen LogP contribution in [0.1, 0.15) is 67.3 Å². The van der Waals surface area contributed by atoms with Crippen LogP contribution in [0.15, 0.2) is 6.20 Å². The quantitative estimate of drug-likeness (QED) is 0.625. The molecule has 168 valence electrons. The SMILES string of the molecule is CCCS(=O)(=O)CC1CC(CNC(=O)c2cnc(C(F)(F)F)nc2C)(CC2CC2)C1. The maximum absolute atomic E-state index is 12.7. The highest BCUT2D eigenvalue weighted by atomic mass is 32.2. The number of hydrogen-bond donors (Lipinski definition) is 1. The largest absolute Gasteiger partial charge is 0.451 e. The van der Waals surface area contributed by atoms with Gasteiger partial charge in [-0.15, -0.1) is 0 Å². The van der Waals surface area contributed by atoms with E-state index >= 15 is 0 Å². The molecule has 2 aliphatic carbocycles. The lowest BCUT2D eigenvalue weighted by molar-refractivity contribution is -0.145. The van der Waals surface area contributed by atoms with Gasteiger partial charge in [-0.3, -0.25) is 4.79 Å². The fourth-order valence-corrected chi connectivity index (χ4v) is 6.29. The van der Waals surface area contributed by atoms with E-state index in [1.807, 2.05) is 6.92 Å². The summed E-state index contributed by atoms with van der Waals surface area (Å²) >= 11 is 0. The van der Waals surface area contributed by atoms with Gasteiger partial charge in [-0.05, 0) is 49.9 Å². The van der Waals surface area contributed by atoms with Gasteiger partial charge in [0.05, 0.1) is 17.0 Å². The third kappa shape index (κ3) is 5.70. The number of halogens is 3. The van der Waals surface area contributed by atoms with Gasteiger partial charge in [0.15, 0.2) is 9.84 Å². The maximum Gasteiger partial charge on any atom is 0.451 e. The Labute approximate surface area is 175 Å². The molecule has 2 aliphatic rings. The molecule has 2 saturated carbocycles. The molecule has 1 N–H and O–H groups in total. The lowest BCUT2D eigenvalue weighted by Gasteiger charge is -2.48. The van der Waals surface area contributed by atoms with Crippen molar-refractivity contribution in [2.45, 2.75) is 58.5 Å². The van der Waals surface area contributed by atoms with Gasteiger partial charge in [-0.25, -0.2) is 18.4 Å². The first kappa shape index (κ1) is 23.0. The van der Waals surface area contributed by atoms with E-state index in [4.69, 9.17) is 0 Å². The number of carbonyl (C=O) groups is 1. The van der Waals surface area contributed by atoms with Crippen molar-refractivity contribution in [1.29, 1.82) is 0 Å². The van der Waals surface area contributed by atoms with Crippen LogP contribution >= 0.6 is 0 Å². The molecular weight excluding hydrogens is 419 g/mol. The summed E-state index contributed by atoms with van der Waals surface area (Å²) in [6.45, 7) is 3.58. The lowest BCUT2D eigenvalue weighted by atomic mass is 9.60. The molecule has 0 aliphatic heterocycles. The van der Waals surface area contributed by atoms with Gasteiger partial charge < -0.3 is 5.32 Å². The van der Waals surface area contributed by atoms with Crippen LogP contribution in [-0.4, -0.2) is 42.3 Å². The summed E-state index contributed by atoms with van der Waals surface area (Å²) < 4.78 is 62.4. The first-order valence-electron chi connectivity index (χ1n) is 10.3. The second-order valence-corrected chi connectivity index (χ2v) is 11.1. The predicted molar refractivity (Wildman–Crippen MR) is 106 cm³/mol. The third-order valence-corrected chi connectivity index (χ3v) is 7.98. The zero-order valence-electron chi connectivity index (χ0n) is 17.3. The number of alkyl halides is 3. The number of aromatic nitrogens is 2. The Morgan fingerprint density at radius 2 is 1.93 bits per heavy atom. The average Bonchev–Trinajstić information content (AvgIpc) is 3.40. The van der Waals surface area contributed by atoms with Crippen LogP contribution in [0.4, 0.5) is 13.2 Å². The predicted octanol–water partition coefficient (Wildman–Crippen LogP) is 3.55. The summed E-state index contributed by atoms with van der Waals surface area (Å²) in [6.07, 6.45) is 1.60. The second kappa shape index (κ2) is 8.43. The fraction of sp³-hybridized carbons (Fsp3) is 0.750. The molecule has 0 saturated heterocycles. The molecule has 2 fully saturated rings. The van der Waals surface area contributed by atoms with Crippen LogP contribution in [-0.2, 0) is 16.0 Å². The van der Waals surface area contributed by atoms with Crippen LogP contribution < -0.4 is 5.32 Å². The van der Waals surface area contributed by atoms with Crippen molar-refractivity contribution in [3.8, 4) is 0 Å². The van der Waals surface area contributed by atoms with Crippen molar-refractivity contribution < 1.29 is 26.4 Å². The molecule has 0 aromatic carbocycles. The minimum Gasteiger partial charge on any atom is -0.351 e. The Hall–Kier alpha value is -1.71. The summed E-state index contributed by atoms with van der Waals surface area (Å²) in [5.74, 6) is -0.661. The number of aryl methyl sites for hydroxylation is 1. The monoisotopic (exact) mass is 447 g/mol. The van der Waals surface area contributed by atoms with E-state index in [0.29, 0.717) is 18.9 Å². The van der Waals surface area contributed by atoms with Crippen LogP contribution in [0.2, 0.25) is 0 Å². The summed E-state index contributed by atoms with van der Waals surface area (Å²) in [7, 11) is -3.05. The molecule has 10 heteroatoms. The van der Waals surface area contributed by atoms with Gasteiger partial charge in [0, 0.05) is 18.5 Å².